The number of para-hydroxylation sites is 1. The smallest absolute Gasteiger partial charge is 0.108 e. The van der Waals surface area contributed by atoms with Crippen molar-refractivity contribution in [1.82, 2.24) is 20.0 Å². The largest absolute Gasteiger partial charge is 0.338 e. The molecule has 0 aliphatic rings. The Morgan fingerprint density at radius 1 is 1.19 bits per heavy atom. The lowest BCUT2D eigenvalue weighted by molar-refractivity contribution is 0.509. The van der Waals surface area contributed by atoms with Gasteiger partial charge in [0.1, 0.15) is 5.82 Å². The van der Waals surface area contributed by atoms with Crippen molar-refractivity contribution in [3.8, 4) is 0 Å². The molecule has 0 aliphatic carbocycles. The summed E-state index contributed by atoms with van der Waals surface area (Å²) in [6.45, 7) is 0. The summed E-state index contributed by atoms with van der Waals surface area (Å²) in [5.74, 6) is 6.84. The molecule has 0 spiro atoms. The second-order valence-corrected chi connectivity index (χ2v) is 5.13. The molecule has 0 bridgehead atoms. The van der Waals surface area contributed by atoms with Gasteiger partial charge in [-0.05, 0) is 24.1 Å². The van der Waals surface area contributed by atoms with Gasteiger partial charge in [0.05, 0.1) is 5.52 Å². The first kappa shape index (κ1) is 13.7. The lowest BCUT2D eigenvalue weighted by Gasteiger charge is -2.18. The van der Waals surface area contributed by atoms with E-state index in [1.165, 1.54) is 5.56 Å². The molecule has 3 N–H and O–H groups in total. The van der Waals surface area contributed by atoms with Gasteiger partial charge in [-0.25, -0.2) is 4.98 Å². The number of imidazole rings is 1. The number of nitrogens with two attached hydrogens (primary N) is 1. The Labute approximate surface area is 123 Å². The lowest BCUT2D eigenvalue weighted by atomic mass is 9.98. The number of hydrogen-bond donors (Lipinski definition) is 2. The van der Waals surface area contributed by atoms with Crippen molar-refractivity contribution in [3.63, 3.8) is 0 Å². The SMILES string of the molecule is Cn1ccnc1CCC(NN)c1ccnc2ccccc12. The summed E-state index contributed by atoms with van der Waals surface area (Å²) in [5.41, 5.74) is 5.10. The number of hydrogen-bond acceptors (Lipinski definition) is 4. The molecular weight excluding hydrogens is 262 g/mol. The maximum absolute atomic E-state index is 5.78. The van der Waals surface area contributed by atoms with Gasteiger partial charge in [-0.3, -0.25) is 16.3 Å². The number of nitrogens with one attached hydrogen (secondary N) is 1. The quantitative estimate of drug-likeness (QED) is 0.555. The fraction of sp³-hybridized carbons (Fsp3) is 0.250. The maximum Gasteiger partial charge on any atom is 0.108 e. The molecule has 0 aliphatic heterocycles. The fourth-order valence-electron chi connectivity index (χ4n) is 2.66. The van der Waals surface area contributed by atoms with Crippen LogP contribution in [0.3, 0.4) is 0 Å². The average molecular weight is 281 g/mol. The lowest BCUT2D eigenvalue weighted by Crippen LogP contribution is -2.28. The Morgan fingerprint density at radius 3 is 2.81 bits per heavy atom. The molecule has 0 saturated carbocycles. The summed E-state index contributed by atoms with van der Waals surface area (Å²) in [4.78, 5) is 8.76. The molecule has 3 rings (SSSR count). The van der Waals surface area contributed by atoms with Gasteiger partial charge in [0, 0.05) is 43.5 Å². The predicted octanol–water partition coefficient (Wildman–Crippen LogP) is 2.11. The Morgan fingerprint density at radius 2 is 2.05 bits per heavy atom. The van der Waals surface area contributed by atoms with Crippen molar-refractivity contribution in [2.24, 2.45) is 12.9 Å². The zero-order chi connectivity index (χ0) is 14.7. The van der Waals surface area contributed by atoms with Crippen LogP contribution in [0.15, 0.2) is 48.9 Å². The normalized spacial score (nSPS) is 12.7. The highest BCUT2D eigenvalue weighted by Gasteiger charge is 2.14. The van der Waals surface area contributed by atoms with Crippen LogP contribution in [-0.2, 0) is 13.5 Å². The van der Waals surface area contributed by atoms with E-state index in [4.69, 9.17) is 5.84 Å². The molecule has 1 aromatic carbocycles. The number of hydrazine groups is 1. The summed E-state index contributed by atoms with van der Waals surface area (Å²) in [5, 5.41) is 1.14. The van der Waals surface area contributed by atoms with Gasteiger partial charge in [0.25, 0.3) is 0 Å². The zero-order valence-corrected chi connectivity index (χ0v) is 12.0. The second kappa shape index (κ2) is 6.03. The predicted molar refractivity (Wildman–Crippen MR) is 83.3 cm³/mol. The third-order valence-electron chi connectivity index (χ3n) is 3.84. The van der Waals surface area contributed by atoms with Crippen molar-refractivity contribution in [2.75, 3.05) is 0 Å². The van der Waals surface area contributed by atoms with Crippen LogP contribution in [0.2, 0.25) is 0 Å². The summed E-state index contributed by atoms with van der Waals surface area (Å²) < 4.78 is 2.04. The van der Waals surface area contributed by atoms with E-state index in [2.05, 4.69) is 21.5 Å². The molecule has 108 valence electrons. The molecule has 3 aromatic rings. The third-order valence-corrected chi connectivity index (χ3v) is 3.84. The van der Waals surface area contributed by atoms with Crippen LogP contribution in [0, 0.1) is 0 Å². The van der Waals surface area contributed by atoms with E-state index in [0.29, 0.717) is 0 Å². The molecule has 5 nitrogen and oxygen atoms in total. The molecule has 1 unspecified atom stereocenters. The molecule has 0 saturated heterocycles. The third kappa shape index (κ3) is 2.79. The van der Waals surface area contributed by atoms with Gasteiger partial charge in [-0.1, -0.05) is 18.2 Å². The topological polar surface area (TPSA) is 68.8 Å². The molecule has 0 amide bonds. The molecule has 0 radical (unpaired) electrons. The van der Waals surface area contributed by atoms with Crippen molar-refractivity contribution >= 4 is 10.9 Å². The van der Waals surface area contributed by atoms with Crippen LogP contribution in [0.4, 0.5) is 0 Å². The van der Waals surface area contributed by atoms with Crippen LogP contribution < -0.4 is 11.3 Å². The average Bonchev–Trinajstić information content (AvgIpc) is 2.93. The van der Waals surface area contributed by atoms with E-state index in [0.717, 1.165) is 29.6 Å². The van der Waals surface area contributed by atoms with E-state index in [1.54, 1.807) is 0 Å². The highest BCUT2D eigenvalue weighted by molar-refractivity contribution is 5.82. The van der Waals surface area contributed by atoms with Crippen LogP contribution >= 0.6 is 0 Å². The highest BCUT2D eigenvalue weighted by atomic mass is 15.2. The Hall–Kier alpha value is -2.24. The first-order valence-corrected chi connectivity index (χ1v) is 7.05. The van der Waals surface area contributed by atoms with Crippen molar-refractivity contribution in [1.29, 1.82) is 0 Å². The van der Waals surface area contributed by atoms with Gasteiger partial charge >= 0.3 is 0 Å². The van der Waals surface area contributed by atoms with E-state index >= 15 is 0 Å². The second-order valence-electron chi connectivity index (χ2n) is 5.13. The van der Waals surface area contributed by atoms with Gasteiger partial charge in [0.15, 0.2) is 0 Å². The summed E-state index contributed by atoms with van der Waals surface area (Å²) >= 11 is 0. The van der Waals surface area contributed by atoms with Crippen LogP contribution in [0.1, 0.15) is 23.9 Å². The van der Waals surface area contributed by atoms with E-state index < -0.39 is 0 Å². The molecular formula is C16H19N5. The number of nitrogens with zero attached hydrogens (tertiary/aromatic N) is 3. The van der Waals surface area contributed by atoms with Crippen LogP contribution in [0.5, 0.6) is 0 Å². The molecule has 0 fully saturated rings. The number of benzene rings is 1. The minimum absolute atomic E-state index is 0.0783. The Bertz CT molecular complexity index is 729. The summed E-state index contributed by atoms with van der Waals surface area (Å²) in [6.07, 6.45) is 7.37. The fourth-order valence-corrected chi connectivity index (χ4v) is 2.66. The summed E-state index contributed by atoms with van der Waals surface area (Å²) in [6, 6.07) is 10.2. The van der Waals surface area contributed by atoms with Crippen molar-refractivity contribution in [2.45, 2.75) is 18.9 Å². The van der Waals surface area contributed by atoms with Crippen molar-refractivity contribution < 1.29 is 0 Å². The first-order chi connectivity index (χ1) is 10.3. The number of rotatable bonds is 5. The monoisotopic (exact) mass is 281 g/mol. The van der Waals surface area contributed by atoms with Gasteiger partial charge in [0.2, 0.25) is 0 Å². The molecule has 21 heavy (non-hydrogen) atoms. The molecule has 5 heteroatoms. The van der Waals surface area contributed by atoms with Gasteiger partial charge in [-0.2, -0.15) is 0 Å². The minimum atomic E-state index is 0.0783. The molecule has 2 heterocycles. The van der Waals surface area contributed by atoms with E-state index in [-0.39, 0.29) is 6.04 Å². The zero-order valence-electron chi connectivity index (χ0n) is 12.0. The molecule has 1 atom stereocenters. The van der Waals surface area contributed by atoms with E-state index in [1.807, 2.05) is 54.5 Å². The minimum Gasteiger partial charge on any atom is -0.338 e. The number of pyridine rings is 1. The van der Waals surface area contributed by atoms with Gasteiger partial charge < -0.3 is 4.57 Å². The van der Waals surface area contributed by atoms with Crippen LogP contribution in [0.25, 0.3) is 10.9 Å². The maximum atomic E-state index is 5.78. The number of aromatic nitrogens is 3. The van der Waals surface area contributed by atoms with Crippen LogP contribution in [-0.4, -0.2) is 14.5 Å². The standard InChI is InChI=1S/C16H19N5/c1-21-11-10-19-16(21)7-6-15(20-17)13-8-9-18-14-5-3-2-4-12(13)14/h2-5,8-11,15,20H,6-7,17H2,1H3. The van der Waals surface area contributed by atoms with Crippen molar-refractivity contribution in [3.05, 3.63) is 60.3 Å². The first-order valence-electron chi connectivity index (χ1n) is 7.05. The molecule has 2 aromatic heterocycles. The van der Waals surface area contributed by atoms with E-state index in [9.17, 15) is 0 Å². The summed E-state index contributed by atoms with van der Waals surface area (Å²) in [7, 11) is 2.01. The highest BCUT2D eigenvalue weighted by Crippen LogP contribution is 2.25. The number of aryl methyl sites for hydroxylation is 2. The van der Waals surface area contributed by atoms with Gasteiger partial charge in [-0.15, -0.1) is 0 Å². The Balaban J connectivity index is 1.86. The Kier molecular flexibility index (Phi) is 3.94. The number of fused-ring (bicyclic) bond motifs is 1.